The minimum Gasteiger partial charge on any atom is -0.374 e. The van der Waals surface area contributed by atoms with E-state index in [1.807, 2.05) is 91.0 Å². The van der Waals surface area contributed by atoms with Crippen LogP contribution in [0.3, 0.4) is 0 Å². The monoisotopic (exact) mass is 490 g/mol. The lowest BCUT2D eigenvalue weighted by Gasteiger charge is -2.44. The third-order valence-corrected chi connectivity index (χ3v) is 5.98. The maximum absolute atomic E-state index is 10.9. The fraction of sp³-hybridized carbons (Fsp3) is 0.333. The predicted octanol–water partition coefficient (Wildman–Crippen LogP) is 4.66. The molecule has 6 nitrogen and oxygen atoms in total. The summed E-state index contributed by atoms with van der Waals surface area (Å²) in [4.78, 5) is 0. The molecule has 3 aromatic rings. The Labute approximate surface area is 213 Å². The van der Waals surface area contributed by atoms with Gasteiger partial charge in [0.15, 0.2) is 6.29 Å². The van der Waals surface area contributed by atoms with Gasteiger partial charge in [0.05, 0.1) is 33.0 Å². The molecule has 1 fully saturated rings. The summed E-state index contributed by atoms with van der Waals surface area (Å²) in [5, 5.41) is 10.9. The maximum atomic E-state index is 10.9. The molecule has 0 amide bonds. The highest BCUT2D eigenvalue weighted by atomic mass is 16.7. The van der Waals surface area contributed by atoms with Crippen LogP contribution in [0.4, 0.5) is 0 Å². The second kappa shape index (κ2) is 14.0. The zero-order valence-corrected chi connectivity index (χ0v) is 20.4. The molecule has 0 radical (unpaired) electrons. The Hall–Kier alpha value is -2.84. The summed E-state index contributed by atoms with van der Waals surface area (Å²) in [5.74, 6) is 0. The first-order valence-electron chi connectivity index (χ1n) is 12.2. The Morgan fingerprint density at radius 1 is 0.667 bits per heavy atom. The number of rotatable bonds is 13. The van der Waals surface area contributed by atoms with Gasteiger partial charge in [0, 0.05) is 0 Å². The molecular weight excluding hydrogens is 456 g/mol. The molecule has 1 heterocycles. The molecule has 36 heavy (non-hydrogen) atoms. The van der Waals surface area contributed by atoms with Crippen molar-refractivity contribution in [3.8, 4) is 0 Å². The van der Waals surface area contributed by atoms with Crippen LogP contribution in [0.5, 0.6) is 0 Å². The molecular formula is C30H34O6. The Bertz CT molecular complexity index is 1010. The van der Waals surface area contributed by atoms with Gasteiger partial charge in [-0.05, 0) is 16.7 Å². The van der Waals surface area contributed by atoms with E-state index in [-0.39, 0.29) is 13.2 Å². The first-order valence-corrected chi connectivity index (χ1v) is 12.2. The zero-order valence-electron chi connectivity index (χ0n) is 20.4. The second-order valence-corrected chi connectivity index (χ2v) is 8.67. The number of benzene rings is 3. The highest BCUT2D eigenvalue weighted by molar-refractivity contribution is 5.15. The van der Waals surface area contributed by atoms with Crippen LogP contribution in [-0.2, 0) is 43.5 Å². The summed E-state index contributed by atoms with van der Waals surface area (Å²) in [5.41, 5.74) is 3.07. The lowest BCUT2D eigenvalue weighted by atomic mass is 9.98. The fourth-order valence-electron chi connectivity index (χ4n) is 4.18. The van der Waals surface area contributed by atoms with Crippen molar-refractivity contribution in [1.29, 1.82) is 0 Å². The van der Waals surface area contributed by atoms with E-state index >= 15 is 0 Å². The fourth-order valence-corrected chi connectivity index (χ4v) is 4.18. The van der Waals surface area contributed by atoms with Crippen molar-refractivity contribution >= 4 is 0 Å². The Balaban J connectivity index is 1.49. The van der Waals surface area contributed by atoms with Crippen molar-refractivity contribution in [1.82, 2.24) is 0 Å². The Kier molecular flexibility index (Phi) is 10.2. The summed E-state index contributed by atoms with van der Waals surface area (Å²) in [6.07, 6.45) is -1.97. The van der Waals surface area contributed by atoms with E-state index in [0.717, 1.165) is 16.7 Å². The number of aliphatic hydroxyl groups excluding tert-OH is 1. The minimum atomic E-state index is -1.20. The molecule has 0 aromatic heterocycles. The standard InChI is InChI=1S/C30H34O6/c1-2-18-33-28-27(34-20-24-14-8-4-9-15-24)26(22-32-19-23-12-6-3-7-13-23)36-30(31)29(28)35-21-25-16-10-5-11-17-25/h2-17,26-31H,1,18-22H2/t26?,27-,28?,29?,30-/m0/s1. The highest BCUT2D eigenvalue weighted by Crippen LogP contribution is 2.29. The molecule has 190 valence electrons. The summed E-state index contributed by atoms with van der Waals surface area (Å²) in [7, 11) is 0. The summed E-state index contributed by atoms with van der Waals surface area (Å²) < 4.78 is 30.6. The topological polar surface area (TPSA) is 66.4 Å². The smallest absolute Gasteiger partial charge is 0.184 e. The summed E-state index contributed by atoms with van der Waals surface area (Å²) in [6, 6.07) is 29.6. The van der Waals surface area contributed by atoms with Gasteiger partial charge in [0.1, 0.15) is 24.4 Å². The summed E-state index contributed by atoms with van der Waals surface area (Å²) >= 11 is 0. The van der Waals surface area contributed by atoms with Gasteiger partial charge in [-0.3, -0.25) is 0 Å². The molecule has 5 atom stereocenters. The van der Waals surface area contributed by atoms with Crippen molar-refractivity contribution in [2.45, 2.75) is 50.5 Å². The van der Waals surface area contributed by atoms with Gasteiger partial charge in [0.2, 0.25) is 0 Å². The average Bonchev–Trinajstić information content (AvgIpc) is 2.92. The Morgan fingerprint density at radius 2 is 1.17 bits per heavy atom. The van der Waals surface area contributed by atoms with E-state index in [2.05, 4.69) is 6.58 Å². The van der Waals surface area contributed by atoms with Crippen LogP contribution in [0, 0.1) is 0 Å². The largest absolute Gasteiger partial charge is 0.374 e. The summed E-state index contributed by atoms with van der Waals surface area (Å²) in [6.45, 7) is 5.38. The lowest BCUT2D eigenvalue weighted by molar-refractivity contribution is -0.314. The van der Waals surface area contributed by atoms with Gasteiger partial charge < -0.3 is 28.8 Å². The third-order valence-electron chi connectivity index (χ3n) is 5.98. The van der Waals surface area contributed by atoms with Gasteiger partial charge in [0.25, 0.3) is 0 Å². The van der Waals surface area contributed by atoms with Gasteiger partial charge in [-0.1, -0.05) is 97.1 Å². The number of ether oxygens (including phenoxy) is 5. The molecule has 0 saturated carbocycles. The van der Waals surface area contributed by atoms with Crippen LogP contribution in [0.25, 0.3) is 0 Å². The van der Waals surface area contributed by atoms with Crippen molar-refractivity contribution in [3.05, 3.63) is 120 Å². The molecule has 1 N–H and O–H groups in total. The van der Waals surface area contributed by atoms with Gasteiger partial charge in [-0.2, -0.15) is 0 Å². The molecule has 3 aromatic carbocycles. The first kappa shape index (κ1) is 26.2. The van der Waals surface area contributed by atoms with E-state index in [4.69, 9.17) is 23.7 Å². The highest BCUT2D eigenvalue weighted by Gasteiger charge is 2.47. The van der Waals surface area contributed by atoms with E-state index < -0.39 is 30.7 Å². The number of hydrogen-bond acceptors (Lipinski definition) is 6. The molecule has 4 rings (SSSR count). The van der Waals surface area contributed by atoms with Crippen LogP contribution in [0.2, 0.25) is 0 Å². The molecule has 1 aliphatic heterocycles. The molecule has 0 spiro atoms. The SMILES string of the molecule is C=CCOC1C(OCc2ccccc2)[C@@H](O)OC(COCc2ccccc2)[C@@H]1OCc1ccccc1. The van der Waals surface area contributed by atoms with E-state index in [0.29, 0.717) is 19.8 Å². The lowest BCUT2D eigenvalue weighted by Crippen LogP contribution is -2.61. The van der Waals surface area contributed by atoms with Crippen molar-refractivity contribution < 1.29 is 28.8 Å². The zero-order chi connectivity index (χ0) is 25.0. The number of aliphatic hydroxyl groups is 1. The molecule has 1 aliphatic rings. The quantitative estimate of drug-likeness (QED) is 0.352. The molecule has 0 bridgehead atoms. The minimum absolute atomic E-state index is 0.227. The first-order chi connectivity index (χ1) is 17.7. The van der Waals surface area contributed by atoms with E-state index in [1.165, 1.54) is 0 Å². The van der Waals surface area contributed by atoms with Crippen molar-refractivity contribution in [2.75, 3.05) is 13.2 Å². The molecule has 0 aliphatic carbocycles. The van der Waals surface area contributed by atoms with Gasteiger partial charge in [-0.25, -0.2) is 0 Å². The van der Waals surface area contributed by atoms with Crippen molar-refractivity contribution in [3.63, 3.8) is 0 Å². The maximum Gasteiger partial charge on any atom is 0.184 e. The molecule has 3 unspecified atom stereocenters. The van der Waals surface area contributed by atoms with Crippen LogP contribution >= 0.6 is 0 Å². The predicted molar refractivity (Wildman–Crippen MR) is 137 cm³/mol. The van der Waals surface area contributed by atoms with Crippen LogP contribution in [-0.4, -0.2) is 49.0 Å². The van der Waals surface area contributed by atoms with Crippen molar-refractivity contribution in [2.24, 2.45) is 0 Å². The van der Waals surface area contributed by atoms with Gasteiger partial charge in [-0.15, -0.1) is 6.58 Å². The van der Waals surface area contributed by atoms with Crippen LogP contribution < -0.4 is 0 Å². The molecule has 1 saturated heterocycles. The van der Waals surface area contributed by atoms with Gasteiger partial charge >= 0.3 is 0 Å². The Morgan fingerprint density at radius 3 is 1.69 bits per heavy atom. The van der Waals surface area contributed by atoms with E-state index in [9.17, 15) is 5.11 Å². The van der Waals surface area contributed by atoms with Crippen LogP contribution in [0.15, 0.2) is 104 Å². The molecule has 6 heteroatoms. The third kappa shape index (κ3) is 7.58. The van der Waals surface area contributed by atoms with E-state index in [1.54, 1.807) is 6.08 Å². The number of hydrogen-bond donors (Lipinski definition) is 1. The average molecular weight is 491 g/mol. The second-order valence-electron chi connectivity index (χ2n) is 8.67. The normalized spacial score (nSPS) is 23.9. The van der Waals surface area contributed by atoms with Crippen LogP contribution in [0.1, 0.15) is 16.7 Å².